The van der Waals surface area contributed by atoms with E-state index >= 15 is 0 Å². The van der Waals surface area contributed by atoms with Crippen LogP contribution in [0.25, 0.3) is 0 Å². The van der Waals surface area contributed by atoms with Gasteiger partial charge in [0.25, 0.3) is 0 Å². The molecule has 0 aliphatic carbocycles. The first-order valence-corrected chi connectivity index (χ1v) is 8.40. The van der Waals surface area contributed by atoms with Crippen LogP contribution in [0.2, 0.25) is 0 Å². The Kier molecular flexibility index (Phi) is 7.14. The van der Waals surface area contributed by atoms with E-state index in [0.717, 1.165) is 10.5 Å². The van der Waals surface area contributed by atoms with Crippen molar-refractivity contribution in [2.45, 2.75) is 52.7 Å². The second-order valence-corrected chi connectivity index (χ2v) is 8.02. The summed E-state index contributed by atoms with van der Waals surface area (Å²) in [6.45, 7) is 8.58. The number of carbonyl (C=O) groups excluding carboxylic acids is 2. The number of hydrogen-bond acceptors (Lipinski definition) is 5. The van der Waals surface area contributed by atoms with E-state index in [1.54, 1.807) is 34.6 Å². The van der Waals surface area contributed by atoms with Gasteiger partial charge in [-0.15, -0.1) is 0 Å². The molecule has 2 amide bonds. The van der Waals surface area contributed by atoms with Crippen LogP contribution in [0.4, 0.5) is 4.79 Å². The van der Waals surface area contributed by atoms with Gasteiger partial charge in [-0.25, -0.2) is 9.69 Å². The number of ether oxygens (including phenoxy) is 1. The molecule has 0 saturated heterocycles. The molecular formula is C19H30N2O4. The number of aliphatic hydroxyl groups excluding tert-OH is 1. The lowest BCUT2D eigenvalue weighted by Gasteiger charge is -2.33. The molecule has 1 atom stereocenters. The molecule has 6 heteroatoms. The van der Waals surface area contributed by atoms with E-state index in [4.69, 9.17) is 10.5 Å². The quantitative estimate of drug-likeness (QED) is 0.821. The van der Waals surface area contributed by atoms with Gasteiger partial charge in [0.2, 0.25) is 5.91 Å². The van der Waals surface area contributed by atoms with Crippen molar-refractivity contribution in [3.8, 4) is 0 Å². The van der Waals surface area contributed by atoms with Crippen LogP contribution in [0.1, 0.15) is 40.2 Å². The number of amides is 2. The molecule has 1 aromatic carbocycles. The lowest BCUT2D eigenvalue weighted by atomic mass is 9.93. The van der Waals surface area contributed by atoms with Crippen molar-refractivity contribution in [3.05, 3.63) is 35.9 Å². The van der Waals surface area contributed by atoms with E-state index in [0.29, 0.717) is 6.42 Å². The van der Waals surface area contributed by atoms with Gasteiger partial charge in [0.15, 0.2) is 0 Å². The number of nitrogens with zero attached hydrogens (tertiary/aromatic N) is 1. The normalized spacial score (nSPS) is 13.2. The fraction of sp³-hybridized carbons (Fsp3) is 0.579. The first-order valence-electron chi connectivity index (χ1n) is 8.40. The smallest absolute Gasteiger partial charge is 0.417 e. The summed E-state index contributed by atoms with van der Waals surface area (Å²) in [4.78, 5) is 26.3. The minimum Gasteiger partial charge on any atom is -0.443 e. The Balaban J connectivity index is 2.96. The van der Waals surface area contributed by atoms with Crippen molar-refractivity contribution < 1.29 is 19.4 Å². The summed E-state index contributed by atoms with van der Waals surface area (Å²) in [6.07, 6.45) is -0.430. The van der Waals surface area contributed by atoms with E-state index in [1.165, 1.54) is 0 Å². The maximum Gasteiger partial charge on any atom is 0.417 e. The molecule has 0 radical (unpaired) electrons. The minimum absolute atomic E-state index is 0.0275. The van der Waals surface area contributed by atoms with E-state index in [1.807, 2.05) is 30.3 Å². The highest BCUT2D eigenvalue weighted by atomic mass is 16.6. The van der Waals surface area contributed by atoms with Gasteiger partial charge in [-0.2, -0.15) is 0 Å². The average Bonchev–Trinajstić information content (AvgIpc) is 2.51. The average molecular weight is 350 g/mol. The minimum atomic E-state index is -0.871. The highest BCUT2D eigenvalue weighted by molar-refractivity contribution is 5.95. The topological polar surface area (TPSA) is 92.9 Å². The summed E-state index contributed by atoms with van der Waals surface area (Å²) in [5, 5.41) is 9.49. The Morgan fingerprint density at radius 2 is 1.72 bits per heavy atom. The molecule has 0 saturated carbocycles. The largest absolute Gasteiger partial charge is 0.443 e. The van der Waals surface area contributed by atoms with E-state index < -0.39 is 29.1 Å². The summed E-state index contributed by atoms with van der Waals surface area (Å²) < 4.78 is 5.34. The summed E-state index contributed by atoms with van der Waals surface area (Å²) in [5.41, 5.74) is 5.57. The molecule has 6 nitrogen and oxygen atoms in total. The Morgan fingerprint density at radius 1 is 1.16 bits per heavy atom. The van der Waals surface area contributed by atoms with Gasteiger partial charge < -0.3 is 15.6 Å². The molecule has 3 N–H and O–H groups in total. The van der Waals surface area contributed by atoms with Crippen LogP contribution in [0, 0.1) is 5.41 Å². The van der Waals surface area contributed by atoms with Crippen LogP contribution in [0.3, 0.4) is 0 Å². The molecule has 0 bridgehead atoms. The summed E-state index contributed by atoms with van der Waals surface area (Å²) in [5.74, 6) is -0.514. The lowest BCUT2D eigenvalue weighted by Crippen LogP contribution is -2.52. The van der Waals surface area contributed by atoms with Crippen LogP contribution in [0.5, 0.6) is 0 Å². The predicted octanol–water partition coefficient (Wildman–Crippen LogP) is 2.34. The number of imide groups is 1. The van der Waals surface area contributed by atoms with Crippen LogP contribution in [-0.2, 0) is 16.0 Å². The van der Waals surface area contributed by atoms with Gasteiger partial charge >= 0.3 is 6.09 Å². The van der Waals surface area contributed by atoms with E-state index in [2.05, 4.69) is 0 Å². The number of carbonyl (C=O) groups is 2. The standard InChI is InChI=1S/C19H30N2O4/c1-18(2,3)25-17(24)21(12-19(4,5)13-22)16(23)15(20)11-14-9-7-6-8-10-14/h6-10,15,22H,11-13,20H2,1-5H3. The van der Waals surface area contributed by atoms with E-state index in [-0.39, 0.29) is 13.2 Å². The molecular weight excluding hydrogens is 320 g/mol. The third kappa shape index (κ3) is 7.23. The molecule has 1 unspecified atom stereocenters. The number of benzene rings is 1. The van der Waals surface area contributed by atoms with Gasteiger partial charge in [-0.3, -0.25) is 4.79 Å². The third-order valence-electron chi connectivity index (χ3n) is 3.51. The van der Waals surface area contributed by atoms with Crippen molar-refractivity contribution in [1.82, 2.24) is 4.90 Å². The maximum absolute atomic E-state index is 12.8. The predicted molar refractivity (Wildman–Crippen MR) is 96.9 cm³/mol. The fourth-order valence-electron chi connectivity index (χ4n) is 2.18. The van der Waals surface area contributed by atoms with Gasteiger partial charge in [0.1, 0.15) is 5.60 Å². The monoisotopic (exact) mass is 350 g/mol. The molecule has 0 aliphatic rings. The Hall–Kier alpha value is -1.92. The Bertz CT molecular complexity index is 579. The summed E-state index contributed by atoms with van der Waals surface area (Å²) in [7, 11) is 0. The van der Waals surface area contributed by atoms with E-state index in [9.17, 15) is 14.7 Å². The SMILES string of the molecule is CC(C)(CO)CN(C(=O)OC(C)(C)C)C(=O)C(N)Cc1ccccc1. The van der Waals surface area contributed by atoms with Gasteiger partial charge in [-0.1, -0.05) is 44.2 Å². The molecule has 140 valence electrons. The van der Waals surface area contributed by atoms with Crippen LogP contribution < -0.4 is 5.73 Å². The second-order valence-electron chi connectivity index (χ2n) is 8.02. The van der Waals surface area contributed by atoms with Gasteiger partial charge in [0.05, 0.1) is 6.04 Å². The van der Waals surface area contributed by atoms with Crippen LogP contribution >= 0.6 is 0 Å². The first kappa shape index (κ1) is 21.1. The summed E-state index contributed by atoms with van der Waals surface area (Å²) in [6, 6.07) is 8.50. The molecule has 0 heterocycles. The highest BCUT2D eigenvalue weighted by Gasteiger charge is 2.34. The lowest BCUT2D eigenvalue weighted by molar-refractivity contribution is -0.133. The molecule has 0 aromatic heterocycles. The molecule has 0 aliphatic heterocycles. The zero-order chi connectivity index (χ0) is 19.3. The first-order chi connectivity index (χ1) is 11.4. The zero-order valence-electron chi connectivity index (χ0n) is 15.8. The molecule has 1 aromatic rings. The van der Waals surface area contributed by atoms with Crippen molar-refractivity contribution >= 4 is 12.0 Å². The maximum atomic E-state index is 12.8. The Labute approximate surface area is 150 Å². The Morgan fingerprint density at radius 3 is 2.20 bits per heavy atom. The number of rotatable bonds is 6. The fourth-order valence-corrected chi connectivity index (χ4v) is 2.18. The number of nitrogens with two attached hydrogens (primary N) is 1. The van der Waals surface area contributed by atoms with Crippen molar-refractivity contribution in [2.24, 2.45) is 11.1 Å². The highest BCUT2D eigenvalue weighted by Crippen LogP contribution is 2.19. The van der Waals surface area contributed by atoms with Crippen molar-refractivity contribution in [3.63, 3.8) is 0 Å². The van der Waals surface area contributed by atoms with Crippen molar-refractivity contribution in [2.75, 3.05) is 13.2 Å². The van der Waals surface area contributed by atoms with Gasteiger partial charge in [0, 0.05) is 18.6 Å². The number of aliphatic hydroxyl groups is 1. The van der Waals surface area contributed by atoms with Crippen molar-refractivity contribution in [1.29, 1.82) is 0 Å². The zero-order valence-corrected chi connectivity index (χ0v) is 15.8. The third-order valence-corrected chi connectivity index (χ3v) is 3.51. The molecule has 0 spiro atoms. The molecule has 25 heavy (non-hydrogen) atoms. The molecule has 1 rings (SSSR count). The molecule has 0 fully saturated rings. The van der Waals surface area contributed by atoms with Gasteiger partial charge in [-0.05, 0) is 32.8 Å². The second kappa shape index (κ2) is 8.45. The van der Waals surface area contributed by atoms with Crippen LogP contribution in [0.15, 0.2) is 30.3 Å². The number of hydrogen-bond donors (Lipinski definition) is 2. The van der Waals surface area contributed by atoms with Crippen LogP contribution in [-0.4, -0.2) is 46.8 Å². The summed E-state index contributed by atoms with van der Waals surface area (Å²) >= 11 is 0.